The number of aromatic nitrogens is 1. The van der Waals surface area contributed by atoms with Crippen LogP contribution in [-0.2, 0) is 10.8 Å². The SMILES string of the molecule is C=C(Nc1cc(C)c(C(C)(C)C)cc1C(C)(C)C)c1cnc2ccccc2c1C. The summed E-state index contributed by atoms with van der Waals surface area (Å²) in [7, 11) is 0. The summed E-state index contributed by atoms with van der Waals surface area (Å²) in [6, 6.07) is 12.9. The number of rotatable bonds is 3. The molecule has 2 nitrogen and oxygen atoms in total. The van der Waals surface area contributed by atoms with Gasteiger partial charge in [-0.15, -0.1) is 0 Å². The van der Waals surface area contributed by atoms with Gasteiger partial charge >= 0.3 is 0 Å². The lowest BCUT2D eigenvalue weighted by atomic mass is 9.78. The molecule has 0 aliphatic heterocycles. The second-order valence-corrected chi connectivity index (χ2v) is 10.1. The number of hydrogen-bond donors (Lipinski definition) is 1. The second-order valence-electron chi connectivity index (χ2n) is 10.1. The van der Waals surface area contributed by atoms with Gasteiger partial charge in [0.15, 0.2) is 0 Å². The van der Waals surface area contributed by atoms with Crippen LogP contribution in [0.25, 0.3) is 16.6 Å². The number of pyridine rings is 1. The Morgan fingerprint density at radius 1 is 0.897 bits per heavy atom. The van der Waals surface area contributed by atoms with Crippen LogP contribution in [0.1, 0.15) is 69.4 Å². The Labute approximate surface area is 176 Å². The summed E-state index contributed by atoms with van der Waals surface area (Å²) < 4.78 is 0. The maximum atomic E-state index is 4.64. The van der Waals surface area contributed by atoms with E-state index in [9.17, 15) is 0 Å². The van der Waals surface area contributed by atoms with Gasteiger partial charge in [-0.3, -0.25) is 4.98 Å². The standard InChI is InChI=1S/C27H34N2/c1-17-14-25(23(27(7,8)9)15-22(17)26(4,5)6)29-19(3)21-16-28-24-13-11-10-12-20(24)18(21)2/h10-16,29H,3H2,1-2,4-9H3. The van der Waals surface area contributed by atoms with E-state index in [4.69, 9.17) is 0 Å². The van der Waals surface area contributed by atoms with Gasteiger partial charge in [-0.1, -0.05) is 72.4 Å². The van der Waals surface area contributed by atoms with E-state index in [2.05, 4.69) is 103 Å². The molecule has 0 fully saturated rings. The summed E-state index contributed by atoms with van der Waals surface area (Å²) in [4.78, 5) is 4.64. The number of fused-ring (bicyclic) bond motifs is 1. The molecule has 0 unspecified atom stereocenters. The number of para-hydroxylation sites is 1. The number of benzene rings is 2. The van der Waals surface area contributed by atoms with Crippen LogP contribution in [0.5, 0.6) is 0 Å². The number of anilines is 1. The van der Waals surface area contributed by atoms with Crippen LogP contribution in [-0.4, -0.2) is 4.98 Å². The first-order valence-electron chi connectivity index (χ1n) is 10.4. The van der Waals surface area contributed by atoms with Crippen molar-refractivity contribution in [3.05, 3.63) is 77.0 Å². The maximum absolute atomic E-state index is 4.64. The summed E-state index contributed by atoms with van der Waals surface area (Å²) in [6.45, 7) is 22.3. The van der Waals surface area contributed by atoms with Gasteiger partial charge in [0.1, 0.15) is 0 Å². The lowest BCUT2D eigenvalue weighted by molar-refractivity contribution is 0.567. The highest BCUT2D eigenvalue weighted by Crippen LogP contribution is 2.38. The predicted octanol–water partition coefficient (Wildman–Crippen LogP) is 7.53. The molecule has 0 aliphatic rings. The number of hydrogen-bond acceptors (Lipinski definition) is 2. The van der Waals surface area contributed by atoms with E-state index >= 15 is 0 Å². The van der Waals surface area contributed by atoms with Gasteiger partial charge in [-0.2, -0.15) is 0 Å². The topological polar surface area (TPSA) is 24.9 Å². The van der Waals surface area contributed by atoms with Crippen LogP contribution in [0.4, 0.5) is 5.69 Å². The zero-order chi connectivity index (χ0) is 21.6. The molecule has 152 valence electrons. The van der Waals surface area contributed by atoms with Crippen molar-refractivity contribution in [2.24, 2.45) is 0 Å². The van der Waals surface area contributed by atoms with Crippen LogP contribution in [0.15, 0.2) is 49.2 Å². The Morgan fingerprint density at radius 2 is 1.52 bits per heavy atom. The van der Waals surface area contributed by atoms with E-state index in [1.807, 2.05) is 12.3 Å². The molecule has 0 saturated heterocycles. The zero-order valence-corrected chi connectivity index (χ0v) is 19.2. The molecule has 0 radical (unpaired) electrons. The van der Waals surface area contributed by atoms with Crippen molar-refractivity contribution in [2.45, 2.75) is 66.2 Å². The van der Waals surface area contributed by atoms with Crippen molar-refractivity contribution >= 4 is 22.3 Å². The Kier molecular flexibility index (Phi) is 5.34. The molecule has 2 heteroatoms. The predicted molar refractivity (Wildman–Crippen MR) is 128 cm³/mol. The van der Waals surface area contributed by atoms with Crippen molar-refractivity contribution in [2.75, 3.05) is 5.32 Å². The van der Waals surface area contributed by atoms with Crippen LogP contribution >= 0.6 is 0 Å². The molecule has 0 spiro atoms. The van der Waals surface area contributed by atoms with E-state index in [-0.39, 0.29) is 10.8 Å². The summed E-state index contributed by atoms with van der Waals surface area (Å²) in [5.41, 5.74) is 9.41. The third kappa shape index (κ3) is 4.22. The maximum Gasteiger partial charge on any atom is 0.0705 e. The molecule has 1 heterocycles. The van der Waals surface area contributed by atoms with Gasteiger partial charge in [0.25, 0.3) is 0 Å². The molecule has 2 aromatic carbocycles. The molecule has 1 aromatic heterocycles. The molecule has 0 atom stereocenters. The van der Waals surface area contributed by atoms with E-state index in [1.165, 1.54) is 27.6 Å². The normalized spacial score (nSPS) is 12.3. The molecule has 3 rings (SSSR count). The molecule has 0 bridgehead atoms. The highest BCUT2D eigenvalue weighted by Gasteiger charge is 2.24. The van der Waals surface area contributed by atoms with Crippen molar-refractivity contribution in [3.63, 3.8) is 0 Å². The summed E-state index contributed by atoms with van der Waals surface area (Å²) >= 11 is 0. The fourth-order valence-corrected chi connectivity index (χ4v) is 4.05. The third-order valence-corrected chi connectivity index (χ3v) is 5.64. The van der Waals surface area contributed by atoms with E-state index in [0.717, 1.165) is 22.5 Å². The van der Waals surface area contributed by atoms with Crippen molar-refractivity contribution in [1.82, 2.24) is 4.98 Å². The van der Waals surface area contributed by atoms with Gasteiger partial charge in [0, 0.05) is 28.5 Å². The second kappa shape index (κ2) is 7.33. The number of aryl methyl sites for hydroxylation is 2. The smallest absolute Gasteiger partial charge is 0.0705 e. The van der Waals surface area contributed by atoms with Crippen LogP contribution in [0.3, 0.4) is 0 Å². The van der Waals surface area contributed by atoms with Gasteiger partial charge in [0.2, 0.25) is 0 Å². The lowest BCUT2D eigenvalue weighted by Gasteiger charge is -2.30. The molecule has 3 aromatic rings. The Balaban J connectivity index is 2.07. The molecule has 1 N–H and O–H groups in total. The van der Waals surface area contributed by atoms with Crippen molar-refractivity contribution in [3.8, 4) is 0 Å². The van der Waals surface area contributed by atoms with Crippen LogP contribution < -0.4 is 5.32 Å². The highest BCUT2D eigenvalue weighted by molar-refractivity contribution is 5.89. The van der Waals surface area contributed by atoms with E-state index in [1.54, 1.807) is 0 Å². The quantitative estimate of drug-likeness (QED) is 0.503. The fraction of sp³-hybridized carbons (Fsp3) is 0.370. The van der Waals surface area contributed by atoms with E-state index in [0.29, 0.717) is 0 Å². The number of nitrogens with zero attached hydrogens (tertiary/aromatic N) is 1. The molecule has 0 saturated carbocycles. The van der Waals surface area contributed by atoms with Crippen molar-refractivity contribution < 1.29 is 0 Å². The summed E-state index contributed by atoms with van der Waals surface area (Å²) in [5, 5.41) is 4.79. The minimum atomic E-state index is 0.0208. The van der Waals surface area contributed by atoms with Gasteiger partial charge in [-0.05, 0) is 59.1 Å². The summed E-state index contributed by atoms with van der Waals surface area (Å²) in [5.74, 6) is 0. The first-order chi connectivity index (χ1) is 13.4. The molecular weight excluding hydrogens is 352 g/mol. The van der Waals surface area contributed by atoms with Gasteiger partial charge in [-0.25, -0.2) is 0 Å². The van der Waals surface area contributed by atoms with Crippen molar-refractivity contribution in [1.29, 1.82) is 0 Å². The zero-order valence-electron chi connectivity index (χ0n) is 19.2. The average Bonchev–Trinajstić information content (AvgIpc) is 2.60. The first-order valence-corrected chi connectivity index (χ1v) is 10.4. The highest BCUT2D eigenvalue weighted by atomic mass is 14.9. The monoisotopic (exact) mass is 386 g/mol. The Morgan fingerprint density at radius 3 is 2.14 bits per heavy atom. The van der Waals surface area contributed by atoms with Crippen LogP contribution in [0, 0.1) is 13.8 Å². The minimum Gasteiger partial charge on any atom is -0.355 e. The Bertz CT molecular complexity index is 1080. The fourth-order valence-electron chi connectivity index (χ4n) is 4.05. The molecular formula is C27H34N2. The largest absolute Gasteiger partial charge is 0.355 e. The lowest BCUT2D eigenvalue weighted by Crippen LogP contribution is -2.19. The average molecular weight is 387 g/mol. The Hall–Kier alpha value is -2.61. The third-order valence-electron chi connectivity index (χ3n) is 5.64. The molecule has 0 amide bonds. The number of nitrogens with one attached hydrogen (secondary N) is 1. The van der Waals surface area contributed by atoms with Gasteiger partial charge < -0.3 is 5.32 Å². The minimum absolute atomic E-state index is 0.0208. The van der Waals surface area contributed by atoms with Crippen LogP contribution in [0.2, 0.25) is 0 Å². The molecule has 0 aliphatic carbocycles. The molecule has 29 heavy (non-hydrogen) atoms. The summed E-state index contributed by atoms with van der Waals surface area (Å²) in [6.07, 6.45) is 1.93. The van der Waals surface area contributed by atoms with E-state index < -0.39 is 0 Å². The first kappa shape index (κ1) is 21.1. The van der Waals surface area contributed by atoms with Gasteiger partial charge in [0.05, 0.1) is 5.52 Å².